The summed E-state index contributed by atoms with van der Waals surface area (Å²) in [4.78, 5) is 37.8. The monoisotopic (exact) mass is 682 g/mol. The standard InChI is InChI=1S/C38H34O6S3/c1-5-43-34(22-45-32-14-15-33(23(2)16-32)44-19-37(41)42)38(28-10-6-26(7-11-28)35-17-30(20-46-35)24(3)39)29-12-8-27(9-13-29)36-18-31(21-47-36)25(4)40/h6-18,20-21H,5,19,22H2,1-4H3,(H,41,42). The summed E-state index contributed by atoms with van der Waals surface area (Å²) in [5.41, 5.74) is 7.32. The van der Waals surface area contributed by atoms with Gasteiger partial charge < -0.3 is 14.6 Å². The third kappa shape index (κ3) is 8.48. The summed E-state index contributed by atoms with van der Waals surface area (Å²) in [6, 6.07) is 26.2. The number of benzene rings is 3. The molecule has 0 atom stereocenters. The van der Waals surface area contributed by atoms with Gasteiger partial charge in [-0.25, -0.2) is 4.79 Å². The van der Waals surface area contributed by atoms with Crippen molar-refractivity contribution in [2.45, 2.75) is 32.6 Å². The number of aryl methyl sites for hydroxylation is 1. The molecule has 0 aliphatic rings. The zero-order chi connectivity index (χ0) is 33.5. The molecule has 0 bridgehead atoms. The van der Waals surface area contributed by atoms with Crippen LogP contribution >= 0.6 is 34.4 Å². The van der Waals surface area contributed by atoms with Crippen molar-refractivity contribution in [1.82, 2.24) is 0 Å². The van der Waals surface area contributed by atoms with Gasteiger partial charge in [-0.2, -0.15) is 0 Å². The van der Waals surface area contributed by atoms with Crippen molar-refractivity contribution in [2.24, 2.45) is 0 Å². The van der Waals surface area contributed by atoms with E-state index in [0.29, 0.717) is 29.2 Å². The van der Waals surface area contributed by atoms with Gasteiger partial charge in [-0.15, -0.1) is 34.4 Å². The Labute approximate surface area is 286 Å². The number of carboxylic acid groups (broad SMARTS) is 1. The first-order valence-electron chi connectivity index (χ1n) is 15.0. The van der Waals surface area contributed by atoms with E-state index in [4.69, 9.17) is 14.6 Å². The van der Waals surface area contributed by atoms with E-state index in [9.17, 15) is 14.4 Å². The lowest BCUT2D eigenvalue weighted by Gasteiger charge is -2.18. The topological polar surface area (TPSA) is 89.9 Å². The van der Waals surface area contributed by atoms with E-state index in [1.165, 1.54) is 0 Å². The van der Waals surface area contributed by atoms with Crippen LogP contribution < -0.4 is 4.74 Å². The Morgan fingerprint density at radius 3 is 1.70 bits per heavy atom. The minimum Gasteiger partial charge on any atom is -0.497 e. The second-order valence-electron chi connectivity index (χ2n) is 10.8. The van der Waals surface area contributed by atoms with Crippen LogP contribution in [0.25, 0.3) is 26.5 Å². The first kappa shape index (κ1) is 33.9. The fourth-order valence-corrected chi connectivity index (χ4v) is 7.82. The van der Waals surface area contributed by atoms with Crippen molar-refractivity contribution in [2.75, 3.05) is 19.0 Å². The van der Waals surface area contributed by atoms with Gasteiger partial charge in [0.2, 0.25) is 0 Å². The van der Waals surface area contributed by atoms with E-state index < -0.39 is 5.97 Å². The van der Waals surface area contributed by atoms with E-state index in [1.807, 2.05) is 48.9 Å². The Kier molecular flexibility index (Phi) is 11.1. The van der Waals surface area contributed by atoms with Crippen LogP contribution in [0.4, 0.5) is 0 Å². The molecule has 1 N–H and O–H groups in total. The Morgan fingerprint density at radius 2 is 1.28 bits per heavy atom. The quantitative estimate of drug-likeness (QED) is 0.0708. The maximum atomic E-state index is 11.9. The number of thiophene rings is 2. The maximum absolute atomic E-state index is 11.9. The van der Waals surface area contributed by atoms with Gasteiger partial charge in [-0.1, -0.05) is 48.5 Å². The molecule has 0 saturated carbocycles. The van der Waals surface area contributed by atoms with Gasteiger partial charge in [0, 0.05) is 42.1 Å². The summed E-state index contributed by atoms with van der Waals surface area (Å²) in [6.45, 7) is 7.13. The zero-order valence-corrected chi connectivity index (χ0v) is 28.9. The summed E-state index contributed by atoms with van der Waals surface area (Å²) in [7, 11) is 0. The fraction of sp³-hybridized carbons (Fsp3) is 0.184. The fourth-order valence-electron chi connectivity index (χ4n) is 4.96. The Morgan fingerprint density at radius 1 is 0.745 bits per heavy atom. The van der Waals surface area contributed by atoms with Crippen molar-refractivity contribution >= 4 is 57.5 Å². The summed E-state index contributed by atoms with van der Waals surface area (Å²) >= 11 is 4.73. The molecule has 2 aromatic heterocycles. The lowest BCUT2D eigenvalue weighted by molar-refractivity contribution is -0.139. The molecule has 0 amide bonds. The SMILES string of the molecule is CCOC(CSc1ccc(OCC(=O)O)c(C)c1)=C(c1ccc(-c2cc(C(C)=O)cs2)cc1)c1ccc(-c2cc(C(C)=O)cs2)cc1. The molecule has 5 aromatic rings. The second kappa shape index (κ2) is 15.4. The lowest BCUT2D eigenvalue weighted by atomic mass is 9.94. The summed E-state index contributed by atoms with van der Waals surface area (Å²) in [6.07, 6.45) is 0. The van der Waals surface area contributed by atoms with Crippen LogP contribution in [0.5, 0.6) is 5.75 Å². The van der Waals surface area contributed by atoms with Gasteiger partial charge in [0.15, 0.2) is 18.2 Å². The van der Waals surface area contributed by atoms with Gasteiger partial charge in [-0.3, -0.25) is 9.59 Å². The number of thioether (sulfide) groups is 1. The van der Waals surface area contributed by atoms with Crippen LogP contribution in [-0.2, 0) is 9.53 Å². The van der Waals surface area contributed by atoms with E-state index >= 15 is 0 Å². The van der Waals surface area contributed by atoms with Crippen molar-refractivity contribution in [3.05, 3.63) is 123 Å². The molecule has 0 fully saturated rings. The number of ketones is 2. The van der Waals surface area contributed by atoms with E-state index in [2.05, 4.69) is 48.5 Å². The van der Waals surface area contributed by atoms with Gasteiger partial charge in [0.25, 0.3) is 0 Å². The van der Waals surface area contributed by atoms with Crippen molar-refractivity contribution < 1.29 is 29.0 Å². The van der Waals surface area contributed by atoms with E-state index in [1.54, 1.807) is 54.3 Å². The van der Waals surface area contributed by atoms with Crippen LogP contribution in [0.1, 0.15) is 58.2 Å². The normalized spacial score (nSPS) is 10.8. The van der Waals surface area contributed by atoms with E-state index in [0.717, 1.165) is 53.8 Å². The third-order valence-electron chi connectivity index (χ3n) is 7.39. The number of carbonyl (C=O) groups is 3. The second-order valence-corrected chi connectivity index (χ2v) is 13.7. The molecule has 0 unspecified atom stereocenters. The van der Waals surface area contributed by atoms with Gasteiger partial charge >= 0.3 is 5.97 Å². The lowest BCUT2D eigenvalue weighted by Crippen LogP contribution is -2.10. The molecule has 0 saturated heterocycles. The van der Waals surface area contributed by atoms with Crippen molar-refractivity contribution in [3.8, 4) is 26.6 Å². The number of rotatable bonds is 14. The molecule has 0 spiro atoms. The van der Waals surface area contributed by atoms with Gasteiger partial charge in [0.05, 0.1) is 12.4 Å². The predicted molar refractivity (Wildman–Crippen MR) is 192 cm³/mol. The van der Waals surface area contributed by atoms with Crippen LogP contribution in [-0.4, -0.2) is 41.6 Å². The molecule has 47 heavy (non-hydrogen) atoms. The Balaban J connectivity index is 1.50. The predicted octanol–water partition coefficient (Wildman–Crippen LogP) is 9.91. The highest BCUT2D eigenvalue weighted by atomic mass is 32.2. The summed E-state index contributed by atoms with van der Waals surface area (Å²) in [5, 5.41) is 12.8. The van der Waals surface area contributed by atoms with Gasteiger partial charge in [0.1, 0.15) is 11.5 Å². The molecule has 3 aromatic carbocycles. The molecule has 6 nitrogen and oxygen atoms in total. The summed E-state index contributed by atoms with van der Waals surface area (Å²) < 4.78 is 11.7. The highest BCUT2D eigenvalue weighted by Crippen LogP contribution is 2.36. The van der Waals surface area contributed by atoms with E-state index in [-0.39, 0.29) is 18.2 Å². The minimum atomic E-state index is -1.02. The number of carbonyl (C=O) groups excluding carboxylic acids is 2. The molecule has 0 aliphatic carbocycles. The van der Waals surface area contributed by atoms with Crippen LogP contribution in [0.3, 0.4) is 0 Å². The first-order chi connectivity index (χ1) is 22.6. The molecule has 9 heteroatoms. The number of hydrogen-bond acceptors (Lipinski definition) is 8. The number of ether oxygens (including phenoxy) is 2. The third-order valence-corrected chi connectivity index (χ3v) is 10.3. The number of hydrogen-bond donors (Lipinski definition) is 1. The molecule has 2 heterocycles. The molecular weight excluding hydrogens is 649 g/mol. The van der Waals surface area contributed by atoms with Crippen LogP contribution in [0.2, 0.25) is 0 Å². The average Bonchev–Trinajstić information content (AvgIpc) is 3.76. The van der Waals surface area contributed by atoms with Crippen molar-refractivity contribution in [1.29, 1.82) is 0 Å². The molecule has 240 valence electrons. The Bertz CT molecular complexity index is 1830. The minimum absolute atomic E-state index is 0.0503. The van der Waals surface area contributed by atoms with Crippen LogP contribution in [0.15, 0.2) is 100 Å². The zero-order valence-electron chi connectivity index (χ0n) is 26.5. The average molecular weight is 683 g/mol. The largest absolute Gasteiger partial charge is 0.497 e. The molecular formula is C38H34O6S3. The summed E-state index contributed by atoms with van der Waals surface area (Å²) in [5.74, 6) is 1.01. The number of Topliss-reactive ketones (excluding diaryl/α,β-unsaturated/α-hetero) is 2. The van der Waals surface area contributed by atoms with Crippen molar-refractivity contribution in [3.63, 3.8) is 0 Å². The number of carboxylic acids is 1. The van der Waals surface area contributed by atoms with Crippen LogP contribution in [0, 0.1) is 6.92 Å². The maximum Gasteiger partial charge on any atom is 0.341 e. The van der Waals surface area contributed by atoms with Gasteiger partial charge in [-0.05, 0) is 85.8 Å². The molecule has 0 aliphatic heterocycles. The highest BCUT2D eigenvalue weighted by Gasteiger charge is 2.17. The number of aliphatic carboxylic acids is 1. The molecule has 0 radical (unpaired) electrons. The molecule has 5 rings (SSSR count). The smallest absolute Gasteiger partial charge is 0.341 e. The Hall–Kier alpha value is -4.44. The first-order valence-corrected chi connectivity index (χ1v) is 17.7. The highest BCUT2D eigenvalue weighted by molar-refractivity contribution is 7.99.